The van der Waals surface area contributed by atoms with E-state index in [1.807, 2.05) is 26.0 Å². The molecule has 8 heteroatoms. The Labute approximate surface area is 183 Å². The fraction of sp³-hybridized carbons (Fsp3) is 0.409. The minimum atomic E-state index is -3.60. The smallest absolute Gasteiger partial charge is 0.243 e. The standard InChI is InChI=1S/C22H27ClN2O4S/c1-15-14-20(8-9-21(15)29-3)30(27,28)25-12-10-18(11-13-25)22(26)24-16(2)17-4-6-19(23)7-5-17/h4-9,14,16,18H,10-13H2,1-3H3,(H,24,26)/t16-/m1/s1. The van der Waals surface area contributed by atoms with Gasteiger partial charge in [-0.3, -0.25) is 4.79 Å². The predicted octanol–water partition coefficient (Wildman–Crippen LogP) is 3.94. The van der Waals surface area contributed by atoms with Gasteiger partial charge < -0.3 is 10.1 Å². The maximum absolute atomic E-state index is 13.0. The van der Waals surface area contributed by atoms with Crippen molar-refractivity contribution in [1.82, 2.24) is 9.62 Å². The molecule has 30 heavy (non-hydrogen) atoms. The van der Waals surface area contributed by atoms with Crippen LogP contribution in [-0.2, 0) is 14.8 Å². The molecule has 1 N–H and O–H groups in total. The molecule has 0 bridgehead atoms. The number of aryl methyl sites for hydroxylation is 1. The van der Waals surface area contributed by atoms with Crippen LogP contribution in [0.1, 0.15) is 36.9 Å². The van der Waals surface area contributed by atoms with E-state index in [0.717, 1.165) is 11.1 Å². The van der Waals surface area contributed by atoms with Gasteiger partial charge in [0.05, 0.1) is 18.0 Å². The van der Waals surface area contributed by atoms with Crippen LogP contribution in [0.15, 0.2) is 47.4 Å². The molecule has 2 aromatic rings. The number of methoxy groups -OCH3 is 1. The number of rotatable bonds is 6. The van der Waals surface area contributed by atoms with Crippen molar-refractivity contribution in [1.29, 1.82) is 0 Å². The first-order valence-electron chi connectivity index (χ1n) is 9.93. The summed E-state index contributed by atoms with van der Waals surface area (Å²) in [5, 5.41) is 3.68. The molecule has 1 aliphatic rings. The molecular weight excluding hydrogens is 424 g/mol. The molecule has 3 rings (SSSR count). The topological polar surface area (TPSA) is 75.7 Å². The minimum absolute atomic E-state index is 0.0465. The molecule has 2 aromatic carbocycles. The van der Waals surface area contributed by atoms with Crippen LogP contribution in [0.5, 0.6) is 5.75 Å². The van der Waals surface area contributed by atoms with E-state index in [2.05, 4.69) is 5.32 Å². The van der Waals surface area contributed by atoms with Gasteiger partial charge in [0, 0.05) is 24.0 Å². The Morgan fingerprint density at radius 2 is 1.80 bits per heavy atom. The molecule has 0 radical (unpaired) electrons. The number of carbonyl (C=O) groups excluding carboxylic acids is 1. The average Bonchev–Trinajstić information content (AvgIpc) is 2.74. The second-order valence-electron chi connectivity index (χ2n) is 7.59. The molecule has 6 nitrogen and oxygen atoms in total. The van der Waals surface area contributed by atoms with Gasteiger partial charge >= 0.3 is 0 Å². The lowest BCUT2D eigenvalue weighted by Gasteiger charge is -2.31. The molecule has 1 heterocycles. The van der Waals surface area contributed by atoms with Crippen LogP contribution in [-0.4, -0.2) is 38.8 Å². The van der Waals surface area contributed by atoms with E-state index in [9.17, 15) is 13.2 Å². The Bertz CT molecular complexity index is 1000. The highest BCUT2D eigenvalue weighted by Gasteiger charge is 2.32. The SMILES string of the molecule is COc1ccc(S(=O)(=O)N2CCC(C(=O)N[C@H](C)c3ccc(Cl)cc3)CC2)cc1C. The van der Waals surface area contributed by atoms with Crippen LogP contribution >= 0.6 is 11.6 Å². The number of amides is 1. The van der Waals surface area contributed by atoms with Gasteiger partial charge in [-0.2, -0.15) is 4.31 Å². The molecular formula is C22H27ClN2O4S. The van der Waals surface area contributed by atoms with E-state index in [0.29, 0.717) is 36.7 Å². The number of hydrogen-bond donors (Lipinski definition) is 1. The van der Waals surface area contributed by atoms with Gasteiger partial charge in [0.15, 0.2) is 0 Å². The zero-order valence-electron chi connectivity index (χ0n) is 17.4. The van der Waals surface area contributed by atoms with Crippen molar-refractivity contribution in [2.75, 3.05) is 20.2 Å². The zero-order chi connectivity index (χ0) is 21.9. The predicted molar refractivity (Wildman–Crippen MR) is 117 cm³/mol. The minimum Gasteiger partial charge on any atom is -0.496 e. The number of piperidine rings is 1. The lowest BCUT2D eigenvalue weighted by Crippen LogP contribution is -2.43. The molecule has 1 fully saturated rings. The second kappa shape index (κ2) is 9.37. The maximum atomic E-state index is 13.0. The number of ether oxygens (including phenoxy) is 1. The molecule has 1 aliphatic heterocycles. The quantitative estimate of drug-likeness (QED) is 0.723. The Kier molecular flexibility index (Phi) is 7.06. The molecule has 0 aromatic heterocycles. The van der Waals surface area contributed by atoms with E-state index in [-0.39, 0.29) is 22.8 Å². The number of nitrogens with zero attached hydrogens (tertiary/aromatic N) is 1. The number of sulfonamides is 1. The van der Waals surface area contributed by atoms with Crippen molar-refractivity contribution in [2.45, 2.75) is 37.6 Å². The first kappa shape index (κ1) is 22.6. The van der Waals surface area contributed by atoms with E-state index in [1.165, 1.54) is 4.31 Å². The summed E-state index contributed by atoms with van der Waals surface area (Å²) in [6.07, 6.45) is 0.987. The number of nitrogens with one attached hydrogen (secondary N) is 1. The Morgan fingerprint density at radius 3 is 2.37 bits per heavy atom. The largest absolute Gasteiger partial charge is 0.496 e. The summed E-state index contributed by atoms with van der Waals surface area (Å²) in [5.74, 6) is 0.401. The summed E-state index contributed by atoms with van der Waals surface area (Å²) in [7, 11) is -2.04. The summed E-state index contributed by atoms with van der Waals surface area (Å²) in [4.78, 5) is 12.9. The summed E-state index contributed by atoms with van der Waals surface area (Å²) < 4.78 is 32.6. The molecule has 0 aliphatic carbocycles. The van der Waals surface area contributed by atoms with E-state index >= 15 is 0 Å². The van der Waals surface area contributed by atoms with Crippen molar-refractivity contribution in [3.8, 4) is 5.75 Å². The van der Waals surface area contributed by atoms with Gasteiger partial charge in [0.2, 0.25) is 15.9 Å². The Balaban J connectivity index is 1.60. The number of benzene rings is 2. The van der Waals surface area contributed by atoms with Crippen LogP contribution in [0.4, 0.5) is 0 Å². The summed E-state index contributed by atoms with van der Waals surface area (Å²) in [6, 6.07) is 12.1. The monoisotopic (exact) mass is 450 g/mol. The summed E-state index contributed by atoms with van der Waals surface area (Å²) in [5.41, 5.74) is 1.74. The normalized spacial score (nSPS) is 16.8. The van der Waals surface area contributed by atoms with E-state index < -0.39 is 10.0 Å². The number of carbonyl (C=O) groups is 1. The number of halogens is 1. The van der Waals surface area contributed by atoms with Crippen LogP contribution in [0.3, 0.4) is 0 Å². The Hall–Kier alpha value is -2.09. The zero-order valence-corrected chi connectivity index (χ0v) is 19.0. The van der Waals surface area contributed by atoms with Gasteiger partial charge in [-0.05, 0) is 68.1 Å². The third-order valence-corrected chi connectivity index (χ3v) is 7.70. The third-order valence-electron chi connectivity index (χ3n) is 5.56. The van der Waals surface area contributed by atoms with Gasteiger partial charge in [0.25, 0.3) is 0 Å². The lowest BCUT2D eigenvalue weighted by molar-refractivity contribution is -0.126. The maximum Gasteiger partial charge on any atom is 0.243 e. The van der Waals surface area contributed by atoms with Crippen LogP contribution in [0.25, 0.3) is 0 Å². The van der Waals surface area contributed by atoms with Crippen molar-refractivity contribution in [3.63, 3.8) is 0 Å². The van der Waals surface area contributed by atoms with Gasteiger partial charge in [0.1, 0.15) is 5.75 Å². The highest BCUT2D eigenvalue weighted by molar-refractivity contribution is 7.89. The van der Waals surface area contributed by atoms with Crippen molar-refractivity contribution in [2.24, 2.45) is 5.92 Å². The molecule has 0 spiro atoms. The van der Waals surface area contributed by atoms with E-state index in [4.69, 9.17) is 16.3 Å². The lowest BCUT2D eigenvalue weighted by atomic mass is 9.96. The van der Waals surface area contributed by atoms with Crippen molar-refractivity contribution < 1.29 is 17.9 Å². The molecule has 1 atom stereocenters. The van der Waals surface area contributed by atoms with Gasteiger partial charge in [-0.15, -0.1) is 0 Å². The first-order valence-corrected chi connectivity index (χ1v) is 11.7. The molecule has 162 valence electrons. The van der Waals surface area contributed by atoms with Gasteiger partial charge in [-0.1, -0.05) is 23.7 Å². The van der Waals surface area contributed by atoms with Gasteiger partial charge in [-0.25, -0.2) is 8.42 Å². The Morgan fingerprint density at radius 1 is 1.17 bits per heavy atom. The molecule has 1 saturated heterocycles. The fourth-order valence-corrected chi connectivity index (χ4v) is 5.37. The van der Waals surface area contributed by atoms with Crippen LogP contribution in [0, 0.1) is 12.8 Å². The first-order chi connectivity index (χ1) is 14.2. The summed E-state index contributed by atoms with van der Waals surface area (Å²) >= 11 is 5.91. The second-order valence-corrected chi connectivity index (χ2v) is 9.97. The number of hydrogen-bond acceptors (Lipinski definition) is 4. The van der Waals surface area contributed by atoms with Crippen LogP contribution in [0.2, 0.25) is 5.02 Å². The summed E-state index contributed by atoms with van der Waals surface area (Å²) in [6.45, 7) is 4.38. The molecule has 0 unspecified atom stereocenters. The highest BCUT2D eigenvalue weighted by atomic mass is 35.5. The fourth-order valence-electron chi connectivity index (χ4n) is 3.68. The van der Waals surface area contributed by atoms with E-state index in [1.54, 1.807) is 37.4 Å². The van der Waals surface area contributed by atoms with Crippen molar-refractivity contribution in [3.05, 3.63) is 58.6 Å². The third kappa shape index (κ3) is 4.96. The average molecular weight is 451 g/mol. The van der Waals surface area contributed by atoms with Crippen molar-refractivity contribution >= 4 is 27.5 Å². The molecule has 0 saturated carbocycles. The molecule has 1 amide bonds. The highest BCUT2D eigenvalue weighted by Crippen LogP contribution is 2.27. The van der Waals surface area contributed by atoms with Crippen LogP contribution < -0.4 is 10.1 Å².